The fraction of sp³-hybridized carbons (Fsp3) is 0.462. The first-order chi connectivity index (χ1) is 18.6. The van der Waals surface area contributed by atoms with E-state index >= 15 is 0 Å². The van der Waals surface area contributed by atoms with Crippen LogP contribution in [0.5, 0.6) is 0 Å². The zero-order chi connectivity index (χ0) is 27.4. The maximum Gasteiger partial charge on any atom is 0.282 e. The second-order valence-electron chi connectivity index (χ2n) is 10.7. The number of sulfonamides is 1. The maximum atomic E-state index is 13.6. The summed E-state index contributed by atoms with van der Waals surface area (Å²) in [5, 5.41) is 12.5. The molecule has 1 saturated carbocycles. The van der Waals surface area contributed by atoms with E-state index in [-0.39, 0.29) is 11.5 Å². The number of aliphatic hydroxyl groups is 1. The highest BCUT2D eigenvalue weighted by Crippen LogP contribution is 2.54. The SMILES string of the molecule is O=C(Nc1ccc(NS(=O)(=O)CCO)cc1N1CCC2(CC1)CC2)c1cc2ccoc2c(N2CC(F)(F)C2)n1. The van der Waals surface area contributed by atoms with Crippen molar-refractivity contribution in [3.63, 3.8) is 0 Å². The average Bonchev–Trinajstić information content (AvgIpc) is 3.44. The predicted octanol–water partition coefficient (Wildman–Crippen LogP) is 3.65. The lowest BCUT2D eigenvalue weighted by Crippen LogP contribution is -2.56. The van der Waals surface area contributed by atoms with Crippen molar-refractivity contribution in [2.45, 2.75) is 31.6 Å². The number of carbonyl (C=O) groups is 1. The van der Waals surface area contributed by atoms with E-state index in [2.05, 4.69) is 19.9 Å². The van der Waals surface area contributed by atoms with Crippen molar-refractivity contribution in [1.82, 2.24) is 4.98 Å². The number of hydrogen-bond acceptors (Lipinski definition) is 8. The highest BCUT2D eigenvalue weighted by Gasteiger charge is 2.46. The number of amides is 1. The lowest BCUT2D eigenvalue weighted by Gasteiger charge is -2.39. The fourth-order valence-electron chi connectivity index (χ4n) is 5.35. The van der Waals surface area contributed by atoms with E-state index in [1.165, 1.54) is 24.0 Å². The number of rotatable bonds is 8. The van der Waals surface area contributed by atoms with Crippen LogP contribution in [0.4, 0.5) is 31.7 Å². The number of anilines is 4. The van der Waals surface area contributed by atoms with Gasteiger partial charge in [-0.15, -0.1) is 0 Å². The van der Waals surface area contributed by atoms with Gasteiger partial charge in [0.05, 0.1) is 48.8 Å². The van der Waals surface area contributed by atoms with Crippen molar-refractivity contribution in [2.75, 3.05) is 58.4 Å². The number of alkyl halides is 2. The number of aromatic nitrogens is 1. The summed E-state index contributed by atoms with van der Waals surface area (Å²) in [6, 6.07) is 8.04. The normalized spacial score (nSPS) is 19.7. The first kappa shape index (κ1) is 25.8. The van der Waals surface area contributed by atoms with Crippen molar-refractivity contribution >= 4 is 49.8 Å². The number of furan rings is 1. The molecule has 0 atom stereocenters. The Labute approximate surface area is 224 Å². The van der Waals surface area contributed by atoms with Gasteiger partial charge < -0.3 is 24.6 Å². The molecule has 2 aliphatic heterocycles. The highest BCUT2D eigenvalue weighted by molar-refractivity contribution is 7.92. The van der Waals surface area contributed by atoms with Gasteiger partial charge in [-0.2, -0.15) is 0 Å². The number of nitrogens with zero attached hydrogens (tertiary/aromatic N) is 3. The predicted molar refractivity (Wildman–Crippen MR) is 143 cm³/mol. The third-order valence-corrected chi connectivity index (χ3v) is 9.06. The molecule has 208 valence electrons. The molecule has 3 aliphatic rings. The van der Waals surface area contributed by atoms with Gasteiger partial charge in [0.1, 0.15) is 5.69 Å². The summed E-state index contributed by atoms with van der Waals surface area (Å²) in [5.74, 6) is -3.59. The van der Waals surface area contributed by atoms with Crippen molar-refractivity contribution < 1.29 is 31.5 Å². The summed E-state index contributed by atoms with van der Waals surface area (Å²) < 4.78 is 59.6. The van der Waals surface area contributed by atoms with Crippen molar-refractivity contribution in [3.8, 4) is 0 Å². The van der Waals surface area contributed by atoms with Crippen LogP contribution >= 0.6 is 0 Å². The van der Waals surface area contributed by atoms with Gasteiger partial charge in [0.15, 0.2) is 11.4 Å². The lowest BCUT2D eigenvalue weighted by atomic mass is 9.93. The second-order valence-corrected chi connectivity index (χ2v) is 12.5. The highest BCUT2D eigenvalue weighted by atomic mass is 32.2. The number of pyridine rings is 1. The summed E-state index contributed by atoms with van der Waals surface area (Å²) in [7, 11) is -3.74. The number of fused-ring (bicyclic) bond motifs is 1. The van der Waals surface area contributed by atoms with Crippen LogP contribution in [-0.2, 0) is 10.0 Å². The Morgan fingerprint density at radius 2 is 1.82 bits per heavy atom. The van der Waals surface area contributed by atoms with Gasteiger partial charge in [0.2, 0.25) is 10.0 Å². The van der Waals surface area contributed by atoms with Crippen LogP contribution < -0.4 is 19.8 Å². The molecule has 1 aromatic carbocycles. The summed E-state index contributed by atoms with van der Waals surface area (Å²) in [5.41, 5.74) is 2.25. The molecule has 6 rings (SSSR count). The van der Waals surface area contributed by atoms with Crippen molar-refractivity contribution in [3.05, 3.63) is 42.3 Å². The first-order valence-electron chi connectivity index (χ1n) is 12.9. The third kappa shape index (κ3) is 5.24. The first-order valence-corrected chi connectivity index (χ1v) is 14.5. The van der Waals surface area contributed by atoms with E-state index in [0.717, 1.165) is 25.9 Å². The Morgan fingerprint density at radius 3 is 2.49 bits per heavy atom. The molecule has 0 unspecified atom stereocenters. The molecule has 3 aromatic rings. The summed E-state index contributed by atoms with van der Waals surface area (Å²) in [4.78, 5) is 21.3. The van der Waals surface area contributed by atoms with Crippen LogP contribution in [0.1, 0.15) is 36.2 Å². The van der Waals surface area contributed by atoms with E-state index in [1.54, 1.807) is 30.3 Å². The molecule has 39 heavy (non-hydrogen) atoms. The number of nitrogens with one attached hydrogen (secondary N) is 2. The third-order valence-electron chi connectivity index (χ3n) is 7.80. The molecular formula is C26H29F2N5O5S. The number of piperidine rings is 1. The van der Waals surface area contributed by atoms with Gasteiger partial charge in [-0.25, -0.2) is 22.2 Å². The number of hydrogen-bond donors (Lipinski definition) is 3. The quantitative estimate of drug-likeness (QED) is 0.380. The van der Waals surface area contributed by atoms with Gasteiger partial charge in [0, 0.05) is 18.5 Å². The topological polar surface area (TPSA) is 128 Å². The Kier molecular flexibility index (Phi) is 6.18. The Balaban J connectivity index is 1.29. The van der Waals surface area contributed by atoms with Gasteiger partial charge in [-0.3, -0.25) is 9.52 Å². The molecule has 4 heterocycles. The fourth-order valence-corrected chi connectivity index (χ4v) is 6.18. The Bertz CT molecular complexity index is 1520. The summed E-state index contributed by atoms with van der Waals surface area (Å²) >= 11 is 0. The van der Waals surface area contributed by atoms with Crippen LogP contribution in [0.15, 0.2) is 41.0 Å². The van der Waals surface area contributed by atoms with E-state index in [9.17, 15) is 22.0 Å². The van der Waals surface area contributed by atoms with Crippen LogP contribution in [-0.4, -0.2) is 68.9 Å². The average molecular weight is 562 g/mol. The molecule has 1 aliphatic carbocycles. The molecule has 3 N–H and O–H groups in total. The number of carbonyl (C=O) groups excluding carboxylic acids is 1. The van der Waals surface area contributed by atoms with E-state index in [1.807, 2.05) is 0 Å². The molecule has 2 aromatic heterocycles. The van der Waals surface area contributed by atoms with Gasteiger partial charge >= 0.3 is 0 Å². The molecule has 3 fully saturated rings. The second kappa shape index (κ2) is 9.33. The van der Waals surface area contributed by atoms with Crippen molar-refractivity contribution in [1.29, 1.82) is 0 Å². The molecule has 13 heteroatoms. The monoisotopic (exact) mass is 561 g/mol. The van der Waals surface area contributed by atoms with Crippen LogP contribution in [0, 0.1) is 5.41 Å². The van der Waals surface area contributed by atoms with Gasteiger partial charge in [-0.05, 0) is 61.4 Å². The Hall–Kier alpha value is -3.45. The van der Waals surface area contributed by atoms with E-state index < -0.39 is 47.3 Å². The zero-order valence-corrected chi connectivity index (χ0v) is 21.9. The maximum absolute atomic E-state index is 13.6. The smallest absolute Gasteiger partial charge is 0.282 e. The molecule has 0 bridgehead atoms. The van der Waals surface area contributed by atoms with Crippen molar-refractivity contribution in [2.24, 2.45) is 5.41 Å². The zero-order valence-electron chi connectivity index (χ0n) is 21.1. The number of aliphatic hydroxyl groups excluding tert-OH is 1. The minimum absolute atomic E-state index is 0.0448. The van der Waals surface area contributed by atoms with E-state index in [0.29, 0.717) is 33.4 Å². The van der Waals surface area contributed by atoms with Crippen LogP contribution in [0.25, 0.3) is 11.0 Å². The van der Waals surface area contributed by atoms with Crippen LogP contribution in [0.2, 0.25) is 0 Å². The summed E-state index contributed by atoms with van der Waals surface area (Å²) in [6.07, 6.45) is 5.90. The molecule has 10 nitrogen and oxygen atoms in total. The molecule has 1 spiro atoms. The van der Waals surface area contributed by atoms with Gasteiger partial charge in [-0.1, -0.05) is 0 Å². The lowest BCUT2D eigenvalue weighted by molar-refractivity contribution is -0.0266. The minimum Gasteiger partial charge on any atom is -0.460 e. The number of benzene rings is 1. The molecular weight excluding hydrogens is 532 g/mol. The molecule has 0 radical (unpaired) electrons. The van der Waals surface area contributed by atoms with Gasteiger partial charge in [0.25, 0.3) is 11.8 Å². The number of halogens is 2. The molecule has 1 amide bonds. The summed E-state index contributed by atoms with van der Waals surface area (Å²) in [6.45, 7) is 0.0182. The van der Waals surface area contributed by atoms with Crippen LogP contribution in [0.3, 0.4) is 0 Å². The minimum atomic E-state index is -3.74. The largest absolute Gasteiger partial charge is 0.460 e. The Morgan fingerprint density at radius 1 is 1.08 bits per heavy atom. The molecule has 2 saturated heterocycles. The van der Waals surface area contributed by atoms with E-state index in [4.69, 9.17) is 9.52 Å². The standard InChI is InChI=1S/C26H29F2N5O5S/c27-26(28)15-33(16-26)23-22-17(3-11-38-22)13-20(29-23)24(35)30-19-2-1-18(31-39(36,37)12-10-34)14-21(19)32-8-6-25(4-5-25)7-9-32/h1-3,11,13-14,31,34H,4-10,12,15-16H2,(H,30,35).